The molecule has 0 aliphatic heterocycles. The average molecular weight is 454 g/mol. The number of amidine groups is 1. The summed E-state index contributed by atoms with van der Waals surface area (Å²) >= 11 is 1.51. The summed E-state index contributed by atoms with van der Waals surface area (Å²) in [4.78, 5) is 24.5. The van der Waals surface area contributed by atoms with E-state index in [1.807, 2.05) is 16.8 Å². The molecular weight excluding hydrogens is 430 g/mol. The van der Waals surface area contributed by atoms with Crippen molar-refractivity contribution in [3.05, 3.63) is 64.4 Å². The molecule has 0 saturated heterocycles. The predicted molar refractivity (Wildman–Crippen MR) is 123 cm³/mol. The minimum atomic E-state index is -1.03. The van der Waals surface area contributed by atoms with Crippen LogP contribution < -0.4 is 20.5 Å². The van der Waals surface area contributed by atoms with E-state index in [0.29, 0.717) is 28.3 Å². The SMILES string of the molecule is COc1cc(-c2ccsc2)c(C(Nc2ccc(C(=N)N)cc2)C(=O)OC(C)=O)cc1OC. The van der Waals surface area contributed by atoms with Crippen molar-refractivity contribution >= 4 is 34.8 Å². The van der Waals surface area contributed by atoms with Crippen molar-refractivity contribution in [1.82, 2.24) is 0 Å². The van der Waals surface area contributed by atoms with Crippen LogP contribution in [-0.4, -0.2) is 32.0 Å². The first-order valence-corrected chi connectivity index (χ1v) is 10.5. The maximum atomic E-state index is 13.0. The lowest BCUT2D eigenvalue weighted by Gasteiger charge is -2.23. The zero-order valence-corrected chi connectivity index (χ0v) is 18.6. The standard InChI is InChI=1S/C23H23N3O5S/c1-13(27)31-23(28)21(26-16-6-4-14(5-7-16)22(24)25)18-11-20(30-3)19(29-2)10-17(18)15-8-9-32-12-15/h4-12,21,26H,1-3H3,(H3,24,25). The van der Waals surface area contributed by atoms with Gasteiger partial charge in [0.2, 0.25) is 0 Å². The van der Waals surface area contributed by atoms with Crippen LogP contribution in [0.1, 0.15) is 24.1 Å². The number of nitrogens with two attached hydrogens (primary N) is 1. The Balaban J connectivity index is 2.13. The van der Waals surface area contributed by atoms with Crippen LogP contribution in [0.5, 0.6) is 11.5 Å². The number of carbonyl (C=O) groups is 2. The molecule has 0 bridgehead atoms. The van der Waals surface area contributed by atoms with Crippen LogP contribution in [0.3, 0.4) is 0 Å². The highest BCUT2D eigenvalue weighted by Crippen LogP contribution is 2.40. The molecule has 9 heteroatoms. The number of carbonyl (C=O) groups excluding carboxylic acids is 2. The molecule has 8 nitrogen and oxygen atoms in total. The Labute approximate surface area is 189 Å². The molecule has 0 saturated carbocycles. The Kier molecular flexibility index (Phi) is 7.11. The van der Waals surface area contributed by atoms with Crippen LogP contribution in [-0.2, 0) is 14.3 Å². The molecule has 0 aliphatic rings. The van der Waals surface area contributed by atoms with E-state index in [-0.39, 0.29) is 5.84 Å². The Bertz CT molecular complexity index is 1130. The van der Waals surface area contributed by atoms with Gasteiger partial charge in [0.25, 0.3) is 0 Å². The molecule has 2 aromatic carbocycles. The van der Waals surface area contributed by atoms with Gasteiger partial charge >= 0.3 is 11.9 Å². The van der Waals surface area contributed by atoms with Crippen LogP contribution in [0.15, 0.2) is 53.2 Å². The van der Waals surface area contributed by atoms with Crippen molar-refractivity contribution in [2.75, 3.05) is 19.5 Å². The summed E-state index contributed by atoms with van der Waals surface area (Å²) in [6.45, 7) is 1.17. The van der Waals surface area contributed by atoms with E-state index in [4.69, 9.17) is 25.4 Å². The number of hydrogen-bond donors (Lipinski definition) is 3. The molecule has 0 radical (unpaired) electrons. The van der Waals surface area contributed by atoms with E-state index in [1.54, 1.807) is 36.4 Å². The molecule has 1 unspecified atom stereocenters. The van der Waals surface area contributed by atoms with Crippen LogP contribution in [0.4, 0.5) is 5.69 Å². The molecule has 166 valence electrons. The van der Waals surface area contributed by atoms with Crippen molar-refractivity contribution in [1.29, 1.82) is 5.41 Å². The first-order valence-electron chi connectivity index (χ1n) is 9.55. The Morgan fingerprint density at radius 1 is 1.06 bits per heavy atom. The molecule has 32 heavy (non-hydrogen) atoms. The van der Waals surface area contributed by atoms with Crippen LogP contribution in [0.2, 0.25) is 0 Å². The summed E-state index contributed by atoms with van der Waals surface area (Å²) in [7, 11) is 3.04. The molecule has 0 aliphatic carbocycles. The van der Waals surface area contributed by atoms with Gasteiger partial charge in [-0.25, -0.2) is 4.79 Å². The summed E-state index contributed by atoms with van der Waals surface area (Å²) in [5, 5.41) is 14.5. The van der Waals surface area contributed by atoms with Crippen molar-refractivity contribution < 1.29 is 23.8 Å². The number of esters is 2. The van der Waals surface area contributed by atoms with Gasteiger partial charge < -0.3 is 25.3 Å². The quantitative estimate of drug-likeness (QED) is 0.204. The van der Waals surface area contributed by atoms with E-state index < -0.39 is 18.0 Å². The molecule has 3 rings (SSSR count). The lowest BCUT2D eigenvalue weighted by Crippen LogP contribution is -2.25. The number of ether oxygens (including phenoxy) is 3. The molecule has 1 aromatic heterocycles. The van der Waals surface area contributed by atoms with Crippen LogP contribution >= 0.6 is 11.3 Å². The first kappa shape index (κ1) is 22.8. The Morgan fingerprint density at radius 2 is 1.72 bits per heavy atom. The fourth-order valence-electron chi connectivity index (χ4n) is 3.18. The predicted octanol–water partition coefficient (Wildman–Crippen LogP) is 3.96. The highest BCUT2D eigenvalue weighted by Gasteiger charge is 2.28. The number of hydrogen-bond acceptors (Lipinski definition) is 8. The van der Waals surface area contributed by atoms with Gasteiger partial charge in [0.05, 0.1) is 14.2 Å². The summed E-state index contributed by atoms with van der Waals surface area (Å²) in [5.41, 5.74) is 8.78. The number of methoxy groups -OCH3 is 2. The first-order chi connectivity index (χ1) is 15.3. The Hall–Kier alpha value is -3.85. The van der Waals surface area contributed by atoms with E-state index in [9.17, 15) is 9.59 Å². The fraction of sp³-hybridized carbons (Fsp3) is 0.174. The molecular formula is C23H23N3O5S. The molecule has 3 aromatic rings. The summed E-state index contributed by atoms with van der Waals surface area (Å²) in [6, 6.07) is 11.1. The Morgan fingerprint density at radius 3 is 2.25 bits per heavy atom. The van der Waals surface area contributed by atoms with Crippen molar-refractivity contribution in [2.24, 2.45) is 5.73 Å². The van der Waals surface area contributed by atoms with E-state index >= 15 is 0 Å². The van der Waals surface area contributed by atoms with Gasteiger partial charge in [-0.05, 0) is 69.9 Å². The largest absolute Gasteiger partial charge is 0.493 e. The molecule has 4 N–H and O–H groups in total. The van der Waals surface area contributed by atoms with Gasteiger partial charge in [0, 0.05) is 18.2 Å². The molecule has 0 amide bonds. The number of rotatable bonds is 8. The average Bonchev–Trinajstić information content (AvgIpc) is 3.31. The highest BCUT2D eigenvalue weighted by molar-refractivity contribution is 7.08. The monoisotopic (exact) mass is 453 g/mol. The lowest BCUT2D eigenvalue weighted by molar-refractivity contribution is -0.158. The van der Waals surface area contributed by atoms with Gasteiger partial charge in [-0.2, -0.15) is 11.3 Å². The zero-order valence-electron chi connectivity index (χ0n) is 17.8. The molecule has 1 atom stereocenters. The highest BCUT2D eigenvalue weighted by atomic mass is 32.1. The molecule has 0 spiro atoms. The van der Waals surface area contributed by atoms with E-state index in [0.717, 1.165) is 11.1 Å². The van der Waals surface area contributed by atoms with Crippen molar-refractivity contribution in [3.63, 3.8) is 0 Å². The fourth-order valence-corrected chi connectivity index (χ4v) is 3.83. The third-order valence-electron chi connectivity index (χ3n) is 4.69. The van der Waals surface area contributed by atoms with Gasteiger partial charge in [-0.3, -0.25) is 10.2 Å². The van der Waals surface area contributed by atoms with Gasteiger partial charge in [-0.1, -0.05) is 0 Å². The number of anilines is 1. The second-order valence-electron chi connectivity index (χ2n) is 6.79. The number of nitrogen functional groups attached to an aromatic ring is 1. The third kappa shape index (κ3) is 5.06. The number of benzene rings is 2. The van der Waals surface area contributed by atoms with Gasteiger partial charge in [0.15, 0.2) is 17.5 Å². The van der Waals surface area contributed by atoms with Crippen molar-refractivity contribution in [3.8, 4) is 22.6 Å². The number of nitrogens with one attached hydrogen (secondary N) is 2. The van der Waals surface area contributed by atoms with Gasteiger partial charge in [0.1, 0.15) is 5.84 Å². The van der Waals surface area contributed by atoms with Crippen molar-refractivity contribution in [2.45, 2.75) is 13.0 Å². The second kappa shape index (κ2) is 9.97. The minimum absolute atomic E-state index is 0.0660. The smallest absolute Gasteiger partial charge is 0.340 e. The van der Waals surface area contributed by atoms with E-state index in [2.05, 4.69) is 5.32 Å². The maximum absolute atomic E-state index is 13.0. The maximum Gasteiger partial charge on any atom is 0.340 e. The molecule has 0 fully saturated rings. The topological polar surface area (TPSA) is 124 Å². The number of thiophene rings is 1. The molecule has 1 heterocycles. The summed E-state index contributed by atoms with van der Waals surface area (Å²) in [6.07, 6.45) is 0. The lowest BCUT2D eigenvalue weighted by atomic mass is 9.95. The van der Waals surface area contributed by atoms with Crippen LogP contribution in [0, 0.1) is 5.41 Å². The van der Waals surface area contributed by atoms with Crippen LogP contribution in [0.25, 0.3) is 11.1 Å². The second-order valence-corrected chi connectivity index (χ2v) is 7.57. The van der Waals surface area contributed by atoms with Gasteiger partial charge in [-0.15, -0.1) is 0 Å². The zero-order chi connectivity index (χ0) is 23.3. The third-order valence-corrected chi connectivity index (χ3v) is 5.37. The summed E-state index contributed by atoms with van der Waals surface area (Å²) < 4.78 is 15.8. The normalized spacial score (nSPS) is 11.3. The minimum Gasteiger partial charge on any atom is -0.493 e. The summed E-state index contributed by atoms with van der Waals surface area (Å²) in [5.74, 6) is -0.621. The van der Waals surface area contributed by atoms with E-state index in [1.165, 1.54) is 32.5 Å².